The fourth-order valence-corrected chi connectivity index (χ4v) is 3.21. The Labute approximate surface area is 189 Å². The number of benzene rings is 2. The van der Waals surface area contributed by atoms with Crippen molar-refractivity contribution in [2.24, 2.45) is 5.10 Å². The number of amides is 2. The minimum Gasteiger partial charge on any atom is -0.497 e. The van der Waals surface area contributed by atoms with E-state index in [0.29, 0.717) is 29.5 Å². The largest absolute Gasteiger partial charge is 0.497 e. The number of hydrogen-bond donors (Lipinski definition) is 2. The van der Waals surface area contributed by atoms with Gasteiger partial charge in [0, 0.05) is 11.8 Å². The van der Waals surface area contributed by atoms with Crippen molar-refractivity contribution in [3.63, 3.8) is 0 Å². The molecule has 2 amide bonds. The summed E-state index contributed by atoms with van der Waals surface area (Å²) in [4.78, 5) is 24.0. The van der Waals surface area contributed by atoms with E-state index in [-0.39, 0.29) is 6.42 Å². The Kier molecular flexibility index (Phi) is 9.39. The highest BCUT2D eigenvalue weighted by Crippen LogP contribution is 2.33. The van der Waals surface area contributed by atoms with Crippen LogP contribution in [0.25, 0.3) is 0 Å². The molecule has 0 aliphatic heterocycles. The summed E-state index contributed by atoms with van der Waals surface area (Å²) >= 11 is 2.16. The van der Waals surface area contributed by atoms with Gasteiger partial charge < -0.3 is 19.5 Å². The maximum absolute atomic E-state index is 12.0. The van der Waals surface area contributed by atoms with E-state index in [1.165, 1.54) is 13.3 Å². The quantitative estimate of drug-likeness (QED) is 0.214. The second kappa shape index (κ2) is 12.0. The normalized spacial score (nSPS) is 10.5. The summed E-state index contributed by atoms with van der Waals surface area (Å²) in [7, 11) is 3.10. The van der Waals surface area contributed by atoms with Crippen LogP contribution < -0.4 is 25.0 Å². The number of nitrogens with one attached hydrogen (secondary N) is 2. The fourth-order valence-electron chi connectivity index (χ4n) is 2.43. The third-order valence-corrected chi connectivity index (χ3v) is 4.58. The molecule has 2 aromatic rings. The second-order valence-electron chi connectivity index (χ2n) is 6.13. The second-order valence-corrected chi connectivity index (χ2v) is 7.29. The number of hydrazone groups is 1. The number of carbonyl (C=O) groups is 2. The van der Waals surface area contributed by atoms with Gasteiger partial charge in [0.25, 0.3) is 0 Å². The third kappa shape index (κ3) is 7.21. The van der Waals surface area contributed by atoms with Crippen LogP contribution in [0.4, 0.5) is 5.69 Å². The van der Waals surface area contributed by atoms with Crippen molar-refractivity contribution < 1.29 is 23.8 Å². The van der Waals surface area contributed by atoms with Crippen molar-refractivity contribution in [2.75, 3.05) is 26.1 Å². The molecular weight excluding hydrogens is 501 g/mol. The van der Waals surface area contributed by atoms with Crippen LogP contribution in [0.2, 0.25) is 0 Å². The number of anilines is 1. The van der Waals surface area contributed by atoms with Crippen molar-refractivity contribution in [3.05, 3.63) is 45.5 Å². The van der Waals surface area contributed by atoms with Gasteiger partial charge >= 0.3 is 0 Å². The Morgan fingerprint density at radius 1 is 1.13 bits per heavy atom. The van der Waals surface area contributed by atoms with Gasteiger partial charge in [0.2, 0.25) is 11.8 Å². The van der Waals surface area contributed by atoms with Gasteiger partial charge in [-0.3, -0.25) is 9.59 Å². The molecule has 0 unspecified atom stereocenters. The van der Waals surface area contributed by atoms with E-state index in [1.54, 1.807) is 37.4 Å². The van der Waals surface area contributed by atoms with Crippen LogP contribution in [0.1, 0.15) is 25.3 Å². The highest BCUT2D eigenvalue weighted by molar-refractivity contribution is 14.1. The first kappa shape index (κ1) is 23.5. The van der Waals surface area contributed by atoms with Crippen LogP contribution in [0.15, 0.2) is 41.5 Å². The minimum absolute atomic E-state index is 0.362. The average molecular weight is 525 g/mol. The van der Waals surface area contributed by atoms with Gasteiger partial charge in [-0.1, -0.05) is 13.0 Å². The molecule has 0 aliphatic carbocycles. The molecule has 2 aromatic carbocycles. The summed E-state index contributed by atoms with van der Waals surface area (Å²) < 4.78 is 17.1. The van der Waals surface area contributed by atoms with Crippen LogP contribution >= 0.6 is 22.6 Å². The number of methoxy groups -OCH3 is 2. The third-order valence-electron chi connectivity index (χ3n) is 3.78. The Morgan fingerprint density at radius 2 is 1.93 bits per heavy atom. The smallest absolute Gasteiger partial charge is 0.249 e. The van der Waals surface area contributed by atoms with Crippen LogP contribution in [-0.4, -0.2) is 38.9 Å². The maximum Gasteiger partial charge on any atom is 0.249 e. The number of ether oxygens (including phenoxy) is 3. The average Bonchev–Trinajstić information content (AvgIpc) is 2.72. The molecule has 9 heteroatoms. The minimum atomic E-state index is -0.531. The van der Waals surface area contributed by atoms with E-state index in [9.17, 15) is 9.59 Å². The summed E-state index contributed by atoms with van der Waals surface area (Å²) in [6, 6.07) is 10.5. The first-order chi connectivity index (χ1) is 14.5. The molecule has 2 N–H and O–H groups in total. The molecule has 0 atom stereocenters. The summed E-state index contributed by atoms with van der Waals surface area (Å²) in [6.07, 6.45) is 2.01. The zero-order valence-corrected chi connectivity index (χ0v) is 19.2. The molecule has 2 rings (SSSR count). The Balaban J connectivity index is 1.92. The van der Waals surface area contributed by atoms with Gasteiger partial charge in [0.1, 0.15) is 12.2 Å². The lowest BCUT2D eigenvalue weighted by molar-refractivity contribution is -0.126. The highest BCUT2D eigenvalue weighted by Gasteiger charge is 2.12. The lowest BCUT2D eigenvalue weighted by atomic mass is 10.2. The molecule has 0 spiro atoms. The van der Waals surface area contributed by atoms with Gasteiger partial charge in [-0.05, 0) is 58.8 Å². The highest BCUT2D eigenvalue weighted by atomic mass is 127. The predicted molar refractivity (Wildman–Crippen MR) is 123 cm³/mol. The number of hydrogen-bond acceptors (Lipinski definition) is 6. The van der Waals surface area contributed by atoms with Crippen molar-refractivity contribution >= 4 is 46.3 Å². The van der Waals surface area contributed by atoms with E-state index in [1.807, 2.05) is 13.0 Å². The maximum atomic E-state index is 12.0. The molecule has 0 bridgehead atoms. The molecule has 0 aliphatic rings. The number of nitrogens with zero attached hydrogens (tertiary/aromatic N) is 1. The standard InChI is InChI=1S/C21H24IN3O5/c1-4-8-30-21-17(22)9-14(10-18(21)29-3)13-23-25-20(27)12-19(26)24-15-6-5-7-16(11-15)28-2/h5-7,9-11,13H,4,8,12H2,1-3H3,(H,24,26)(H,25,27). The molecule has 8 nitrogen and oxygen atoms in total. The van der Waals surface area contributed by atoms with Gasteiger partial charge in [-0.15, -0.1) is 0 Å². The lowest BCUT2D eigenvalue weighted by Gasteiger charge is -2.12. The fraction of sp³-hybridized carbons (Fsp3) is 0.286. The van der Waals surface area contributed by atoms with Crippen LogP contribution in [-0.2, 0) is 9.59 Å². The van der Waals surface area contributed by atoms with Crippen molar-refractivity contribution in [1.29, 1.82) is 0 Å². The first-order valence-electron chi connectivity index (χ1n) is 9.23. The number of rotatable bonds is 10. The molecule has 0 saturated carbocycles. The van der Waals surface area contributed by atoms with Gasteiger partial charge in [0.15, 0.2) is 11.5 Å². The Hall–Kier alpha value is -2.82. The molecule has 0 radical (unpaired) electrons. The van der Waals surface area contributed by atoms with E-state index >= 15 is 0 Å². The zero-order valence-electron chi connectivity index (χ0n) is 17.0. The van der Waals surface area contributed by atoms with Crippen LogP contribution in [0.5, 0.6) is 17.2 Å². The SMILES string of the molecule is CCCOc1c(I)cc(C=NNC(=O)CC(=O)Nc2cccc(OC)c2)cc1OC. The Morgan fingerprint density at radius 3 is 2.63 bits per heavy atom. The summed E-state index contributed by atoms with van der Waals surface area (Å²) in [5.74, 6) is 0.884. The molecule has 0 fully saturated rings. The topological polar surface area (TPSA) is 98.2 Å². The lowest BCUT2D eigenvalue weighted by Crippen LogP contribution is -2.24. The summed E-state index contributed by atoms with van der Waals surface area (Å²) in [6.45, 7) is 2.62. The predicted octanol–water partition coefficient (Wildman–Crippen LogP) is 3.58. The van der Waals surface area contributed by atoms with Gasteiger partial charge in [-0.25, -0.2) is 5.43 Å². The first-order valence-corrected chi connectivity index (χ1v) is 10.3. The summed E-state index contributed by atoms with van der Waals surface area (Å²) in [5.41, 5.74) is 3.61. The Bertz CT molecular complexity index is 918. The zero-order chi connectivity index (χ0) is 21.9. The molecule has 30 heavy (non-hydrogen) atoms. The molecular formula is C21H24IN3O5. The van der Waals surface area contributed by atoms with Crippen LogP contribution in [0.3, 0.4) is 0 Å². The molecule has 0 heterocycles. The number of halogens is 1. The van der Waals surface area contributed by atoms with Crippen molar-refractivity contribution in [2.45, 2.75) is 19.8 Å². The van der Waals surface area contributed by atoms with E-state index in [4.69, 9.17) is 14.2 Å². The van der Waals surface area contributed by atoms with E-state index < -0.39 is 11.8 Å². The molecule has 0 saturated heterocycles. The summed E-state index contributed by atoms with van der Waals surface area (Å²) in [5, 5.41) is 6.55. The monoisotopic (exact) mass is 525 g/mol. The van der Waals surface area contributed by atoms with Crippen molar-refractivity contribution in [1.82, 2.24) is 5.43 Å². The van der Waals surface area contributed by atoms with Gasteiger partial charge in [0.05, 0.1) is 30.6 Å². The van der Waals surface area contributed by atoms with E-state index in [2.05, 4.69) is 38.4 Å². The number of carbonyl (C=O) groups excluding carboxylic acids is 2. The molecule has 0 aromatic heterocycles. The van der Waals surface area contributed by atoms with E-state index in [0.717, 1.165) is 15.6 Å². The van der Waals surface area contributed by atoms with Gasteiger partial charge in [-0.2, -0.15) is 5.10 Å². The molecule has 160 valence electrons. The van der Waals surface area contributed by atoms with Crippen LogP contribution in [0, 0.1) is 3.57 Å². The van der Waals surface area contributed by atoms with Crippen molar-refractivity contribution in [3.8, 4) is 17.2 Å².